The molecule has 0 amide bonds. The molecule has 29 heavy (non-hydrogen) atoms. The molecule has 4 rings (SSSR count). The van der Waals surface area contributed by atoms with E-state index in [4.69, 9.17) is 4.98 Å². The number of allylic oxidation sites excluding steroid dienone is 3. The van der Waals surface area contributed by atoms with Crippen LogP contribution in [0, 0.1) is 11.6 Å². The van der Waals surface area contributed by atoms with Crippen molar-refractivity contribution in [3.05, 3.63) is 65.0 Å². The van der Waals surface area contributed by atoms with E-state index in [0.29, 0.717) is 18.5 Å². The lowest BCUT2D eigenvalue weighted by Gasteiger charge is -2.12. The van der Waals surface area contributed by atoms with Crippen molar-refractivity contribution in [1.29, 1.82) is 0 Å². The summed E-state index contributed by atoms with van der Waals surface area (Å²) in [6.45, 7) is 2.09. The van der Waals surface area contributed by atoms with Gasteiger partial charge >= 0.3 is 0 Å². The van der Waals surface area contributed by atoms with Crippen molar-refractivity contribution in [1.82, 2.24) is 19.5 Å². The summed E-state index contributed by atoms with van der Waals surface area (Å²) in [4.78, 5) is 17.5. The summed E-state index contributed by atoms with van der Waals surface area (Å²) in [6, 6.07) is 2.14. The zero-order valence-electron chi connectivity index (χ0n) is 16.6. The standard InChI is InChI=1S/C22H21F2N5/c1-4-5-14-17(25-2)9-10-18-20(14)28-19(29(18)3)11-6-13-12-26-21-15(23)7-8-16(24)22(21)27-13/h5,7-10,12H,4,6,11H2,1-3H3/b14-5+,25-17?. The SMILES string of the molecule is CC/C=C1\C(=NC)C=Cc2c1nc(CCc1cnc3c(F)ccc(F)c3n1)n2C. The highest BCUT2D eigenvalue weighted by molar-refractivity contribution is 6.32. The predicted molar refractivity (Wildman–Crippen MR) is 111 cm³/mol. The van der Waals surface area contributed by atoms with Crippen molar-refractivity contribution >= 4 is 28.4 Å². The Bertz CT molecular complexity index is 1190. The van der Waals surface area contributed by atoms with Gasteiger partial charge in [-0.05, 0) is 37.1 Å². The molecule has 2 aromatic heterocycles. The number of benzene rings is 1. The molecule has 0 aliphatic heterocycles. The van der Waals surface area contributed by atoms with Gasteiger partial charge in [0.2, 0.25) is 0 Å². The molecule has 0 fully saturated rings. The first-order chi connectivity index (χ1) is 14.0. The molecule has 0 bridgehead atoms. The third-order valence-electron chi connectivity index (χ3n) is 5.07. The van der Waals surface area contributed by atoms with Crippen LogP contribution in [0.2, 0.25) is 0 Å². The fourth-order valence-corrected chi connectivity index (χ4v) is 3.57. The van der Waals surface area contributed by atoms with Gasteiger partial charge in [-0.15, -0.1) is 0 Å². The van der Waals surface area contributed by atoms with Crippen molar-refractivity contribution in [3.8, 4) is 0 Å². The maximum absolute atomic E-state index is 14.0. The number of hydrogen-bond acceptors (Lipinski definition) is 4. The first-order valence-corrected chi connectivity index (χ1v) is 9.54. The lowest BCUT2D eigenvalue weighted by Crippen LogP contribution is -2.07. The van der Waals surface area contributed by atoms with Crippen molar-refractivity contribution in [2.45, 2.75) is 26.2 Å². The van der Waals surface area contributed by atoms with E-state index in [1.807, 2.05) is 19.2 Å². The van der Waals surface area contributed by atoms with Gasteiger partial charge in [-0.3, -0.25) is 4.99 Å². The van der Waals surface area contributed by atoms with Gasteiger partial charge in [0.1, 0.15) is 16.9 Å². The zero-order valence-corrected chi connectivity index (χ0v) is 16.6. The summed E-state index contributed by atoms with van der Waals surface area (Å²) in [5, 5.41) is 0. The van der Waals surface area contributed by atoms with Gasteiger partial charge in [-0.1, -0.05) is 13.0 Å². The van der Waals surface area contributed by atoms with E-state index in [2.05, 4.69) is 32.5 Å². The Balaban J connectivity index is 1.64. The minimum absolute atomic E-state index is 0.0402. The summed E-state index contributed by atoms with van der Waals surface area (Å²) in [7, 11) is 3.75. The lowest BCUT2D eigenvalue weighted by atomic mass is 9.98. The van der Waals surface area contributed by atoms with Crippen LogP contribution in [-0.2, 0) is 19.9 Å². The van der Waals surface area contributed by atoms with Crippen molar-refractivity contribution in [2.75, 3.05) is 7.05 Å². The molecule has 148 valence electrons. The fraction of sp³-hybridized carbons (Fsp3) is 0.273. The van der Waals surface area contributed by atoms with Crippen LogP contribution in [0.5, 0.6) is 0 Å². The Kier molecular flexibility index (Phi) is 5.05. The molecule has 0 saturated carbocycles. The molecule has 2 heterocycles. The molecule has 0 radical (unpaired) electrons. The van der Waals surface area contributed by atoms with Crippen LogP contribution in [0.15, 0.2) is 35.5 Å². The Morgan fingerprint density at radius 1 is 1.07 bits per heavy atom. The maximum atomic E-state index is 14.0. The van der Waals surface area contributed by atoms with Crippen molar-refractivity contribution in [2.24, 2.45) is 12.0 Å². The largest absolute Gasteiger partial charge is 0.331 e. The Hall–Kier alpha value is -3.22. The number of rotatable bonds is 4. The van der Waals surface area contributed by atoms with E-state index in [0.717, 1.165) is 47.1 Å². The van der Waals surface area contributed by atoms with Crippen LogP contribution in [-0.4, -0.2) is 32.3 Å². The number of imidazole rings is 1. The first kappa shape index (κ1) is 19.1. The normalized spacial score (nSPS) is 16.2. The first-order valence-electron chi connectivity index (χ1n) is 9.54. The van der Waals surface area contributed by atoms with Gasteiger partial charge in [0, 0.05) is 32.3 Å². The van der Waals surface area contributed by atoms with Crippen LogP contribution >= 0.6 is 0 Å². The van der Waals surface area contributed by atoms with E-state index in [9.17, 15) is 8.78 Å². The van der Waals surface area contributed by atoms with Gasteiger partial charge in [0.15, 0.2) is 11.6 Å². The second-order valence-corrected chi connectivity index (χ2v) is 6.88. The fourth-order valence-electron chi connectivity index (χ4n) is 3.57. The summed E-state index contributed by atoms with van der Waals surface area (Å²) >= 11 is 0. The van der Waals surface area contributed by atoms with Crippen molar-refractivity contribution < 1.29 is 8.78 Å². The van der Waals surface area contributed by atoms with Crippen molar-refractivity contribution in [3.63, 3.8) is 0 Å². The smallest absolute Gasteiger partial charge is 0.151 e. The highest BCUT2D eigenvalue weighted by Gasteiger charge is 2.22. The van der Waals surface area contributed by atoms with Crippen LogP contribution in [0.25, 0.3) is 22.7 Å². The third-order valence-corrected chi connectivity index (χ3v) is 5.07. The van der Waals surface area contributed by atoms with Crippen LogP contribution < -0.4 is 0 Å². The number of nitrogens with zero attached hydrogens (tertiary/aromatic N) is 5. The Morgan fingerprint density at radius 3 is 2.55 bits per heavy atom. The maximum Gasteiger partial charge on any atom is 0.151 e. The molecule has 1 aliphatic carbocycles. The minimum Gasteiger partial charge on any atom is -0.331 e. The van der Waals surface area contributed by atoms with E-state index in [1.165, 1.54) is 6.20 Å². The molecule has 1 aliphatic rings. The predicted octanol–water partition coefficient (Wildman–Crippen LogP) is 4.32. The molecule has 0 saturated heterocycles. The quantitative estimate of drug-likeness (QED) is 0.663. The molecule has 0 atom stereocenters. The second kappa shape index (κ2) is 7.66. The molecule has 0 unspecified atom stereocenters. The van der Waals surface area contributed by atoms with E-state index >= 15 is 0 Å². The average Bonchev–Trinajstić information content (AvgIpc) is 3.06. The Labute approximate surface area is 167 Å². The number of hydrogen-bond donors (Lipinski definition) is 0. The molecular formula is C22H21F2N5. The monoisotopic (exact) mass is 393 g/mol. The van der Waals surface area contributed by atoms with E-state index in [1.54, 1.807) is 7.05 Å². The average molecular weight is 393 g/mol. The number of fused-ring (bicyclic) bond motifs is 2. The van der Waals surface area contributed by atoms with E-state index < -0.39 is 11.6 Å². The van der Waals surface area contributed by atoms with Gasteiger partial charge < -0.3 is 4.57 Å². The number of aromatic nitrogens is 4. The lowest BCUT2D eigenvalue weighted by molar-refractivity contribution is 0.611. The molecule has 0 spiro atoms. The number of aryl methyl sites for hydroxylation is 2. The molecule has 7 heteroatoms. The van der Waals surface area contributed by atoms with Gasteiger partial charge in [0.25, 0.3) is 0 Å². The van der Waals surface area contributed by atoms with Gasteiger partial charge in [0.05, 0.1) is 22.8 Å². The summed E-state index contributed by atoms with van der Waals surface area (Å²) < 4.78 is 29.8. The van der Waals surface area contributed by atoms with Gasteiger partial charge in [-0.2, -0.15) is 0 Å². The third kappa shape index (κ3) is 3.37. The van der Waals surface area contributed by atoms with Crippen LogP contribution in [0.1, 0.15) is 36.3 Å². The zero-order chi connectivity index (χ0) is 20.5. The van der Waals surface area contributed by atoms with Crippen LogP contribution in [0.4, 0.5) is 8.78 Å². The molecule has 3 aromatic rings. The molecule has 1 aromatic carbocycles. The molecule has 5 nitrogen and oxygen atoms in total. The highest BCUT2D eigenvalue weighted by atomic mass is 19.1. The summed E-state index contributed by atoms with van der Waals surface area (Å²) in [6.07, 6.45) is 9.67. The molecular weight excluding hydrogens is 372 g/mol. The number of halogens is 2. The van der Waals surface area contributed by atoms with Crippen LogP contribution in [0.3, 0.4) is 0 Å². The van der Waals surface area contributed by atoms with Gasteiger partial charge in [-0.25, -0.2) is 23.7 Å². The Morgan fingerprint density at radius 2 is 1.83 bits per heavy atom. The van der Waals surface area contributed by atoms with E-state index in [-0.39, 0.29) is 11.0 Å². The molecule has 0 N–H and O–H groups in total. The highest BCUT2D eigenvalue weighted by Crippen LogP contribution is 2.28. The minimum atomic E-state index is -0.576. The summed E-state index contributed by atoms with van der Waals surface area (Å²) in [5.74, 6) is -0.262. The number of aliphatic imine (C=N–C) groups is 1. The summed E-state index contributed by atoms with van der Waals surface area (Å²) in [5.41, 5.74) is 4.42. The second-order valence-electron chi connectivity index (χ2n) is 6.88. The topological polar surface area (TPSA) is 56.0 Å².